The molecule has 0 bridgehead atoms. The quantitative estimate of drug-likeness (QED) is 0.0891. The largest absolute Gasteiger partial charge is 0.598 e. The topological polar surface area (TPSA) is 91.2 Å². The molecule has 1 amide bonds. The molecule has 1 unspecified atom stereocenters. The Morgan fingerprint density at radius 2 is 1.83 bits per heavy atom. The average Bonchev–Trinajstić information content (AvgIpc) is 3.71. The molecule has 7 nitrogen and oxygen atoms in total. The first-order chi connectivity index (χ1) is 21.6. The summed E-state index contributed by atoms with van der Waals surface area (Å²) in [6.07, 6.45) is -3.14. The highest BCUT2D eigenvalue weighted by molar-refractivity contribution is 7.90. The fourth-order valence-corrected chi connectivity index (χ4v) is 7.58. The number of rotatable bonds is 14. The van der Waals surface area contributed by atoms with Crippen LogP contribution in [-0.4, -0.2) is 51.5 Å². The van der Waals surface area contributed by atoms with E-state index < -0.39 is 72.5 Å². The lowest BCUT2D eigenvalue weighted by atomic mass is 9.81. The first-order valence-electron chi connectivity index (χ1n) is 16.6. The van der Waals surface area contributed by atoms with Gasteiger partial charge in [-0.3, -0.25) is 4.79 Å². The second kappa shape index (κ2) is 14.6. The Bertz CT molecular complexity index is 1370. The summed E-state index contributed by atoms with van der Waals surface area (Å²) in [7, 11) is -1.40. The van der Waals surface area contributed by atoms with Crippen LogP contribution in [0, 0.1) is 17.8 Å². The van der Waals surface area contributed by atoms with Gasteiger partial charge in [0, 0.05) is 45.3 Å². The molecule has 0 saturated heterocycles. The van der Waals surface area contributed by atoms with E-state index in [2.05, 4.69) is 29.7 Å². The van der Waals surface area contributed by atoms with E-state index in [-0.39, 0.29) is 25.5 Å². The molecule has 266 valence electrons. The Kier molecular flexibility index (Phi) is 11.8. The number of fused-ring (bicyclic) bond motifs is 1. The first-order valence-corrected chi connectivity index (χ1v) is 21.5. The molecular weight excluding hydrogens is 656 g/mol. The van der Waals surface area contributed by atoms with E-state index in [0.29, 0.717) is 36.3 Å². The Morgan fingerprint density at radius 3 is 2.40 bits per heavy atom. The third kappa shape index (κ3) is 10.6. The number of hydrogen-bond acceptors (Lipinski definition) is 5. The maximum absolute atomic E-state index is 14.8. The van der Waals surface area contributed by atoms with Crippen LogP contribution >= 0.6 is 0 Å². The second-order valence-electron chi connectivity index (χ2n) is 15.7. The third-order valence-electron chi connectivity index (χ3n) is 9.06. The van der Waals surface area contributed by atoms with Crippen LogP contribution in [0.1, 0.15) is 96.1 Å². The van der Waals surface area contributed by atoms with Crippen molar-refractivity contribution in [2.45, 2.75) is 134 Å². The molecule has 1 heterocycles. The molecule has 5 atom stereocenters. The van der Waals surface area contributed by atoms with Crippen LogP contribution in [0.5, 0.6) is 0 Å². The van der Waals surface area contributed by atoms with Crippen molar-refractivity contribution in [1.82, 2.24) is 19.6 Å². The zero-order chi connectivity index (χ0) is 34.9. The highest BCUT2D eigenvalue weighted by Crippen LogP contribution is 2.45. The summed E-state index contributed by atoms with van der Waals surface area (Å²) in [6, 6.07) is 5.21. The molecule has 2 saturated carbocycles. The van der Waals surface area contributed by atoms with Crippen molar-refractivity contribution in [3.8, 4) is 0 Å². The highest BCUT2D eigenvalue weighted by atomic mass is 32.2. The SMILES string of the molecule is CC(CC(=O)N[C@@H](c1ccc2c(c1)nc([C@@H](N[S@+]([O-])C(C)(C)C)[C@@H]1CCCC(F)(F)C1)n2COCC[Si](C)(C)C)C1CC1)C(F)(F)F. The number of carbonyl (C=O) groups excluding carboxylic acids is 1. The standard InChI is InChI=1S/C33H51F5N4O3SSi/c1-21(33(36,37)38)17-27(43)40-28(22-10-11-22)23-12-13-26-25(18-23)39-30(42(26)20-45-15-16-47(5,6)7)29(41-46(44)31(2,3)4)24-9-8-14-32(34,35)19-24/h12-13,18,21-22,24,28-29,41H,8-11,14-17,19-20H2,1-7H3,(H,40,43)/t21?,24-,28-,29+,46-/m1/s1. The maximum Gasteiger partial charge on any atom is 0.392 e. The van der Waals surface area contributed by atoms with Gasteiger partial charge in [-0.05, 0) is 82.0 Å². The second-order valence-corrected chi connectivity index (χ2v) is 23.3. The van der Waals surface area contributed by atoms with E-state index in [9.17, 15) is 31.3 Å². The Hall–Kier alpha value is -1.74. The predicted molar refractivity (Wildman–Crippen MR) is 178 cm³/mol. The molecule has 1 aromatic carbocycles. The van der Waals surface area contributed by atoms with E-state index in [4.69, 9.17) is 9.72 Å². The van der Waals surface area contributed by atoms with Gasteiger partial charge >= 0.3 is 6.18 Å². The number of nitrogens with zero attached hydrogens (tertiary/aromatic N) is 2. The summed E-state index contributed by atoms with van der Waals surface area (Å²) < 4.78 is 93.0. The van der Waals surface area contributed by atoms with Crippen LogP contribution in [0.4, 0.5) is 22.0 Å². The summed E-state index contributed by atoms with van der Waals surface area (Å²) in [5.74, 6) is -5.26. The van der Waals surface area contributed by atoms with E-state index >= 15 is 0 Å². The number of aromatic nitrogens is 2. The zero-order valence-corrected chi connectivity index (χ0v) is 30.4. The van der Waals surface area contributed by atoms with Gasteiger partial charge in [0.1, 0.15) is 23.3 Å². The minimum atomic E-state index is -4.46. The van der Waals surface area contributed by atoms with Gasteiger partial charge in [-0.1, -0.05) is 32.6 Å². The molecule has 2 aliphatic carbocycles. The van der Waals surface area contributed by atoms with Gasteiger partial charge in [0.15, 0.2) is 0 Å². The van der Waals surface area contributed by atoms with Crippen molar-refractivity contribution in [2.24, 2.45) is 17.8 Å². The van der Waals surface area contributed by atoms with Crippen molar-refractivity contribution in [3.05, 3.63) is 29.6 Å². The maximum atomic E-state index is 14.8. The minimum absolute atomic E-state index is 0.0946. The number of ether oxygens (including phenoxy) is 1. The van der Waals surface area contributed by atoms with Gasteiger partial charge in [-0.2, -0.15) is 13.2 Å². The Labute approximate surface area is 279 Å². The molecule has 2 aromatic rings. The molecule has 0 spiro atoms. The van der Waals surface area contributed by atoms with Crippen molar-refractivity contribution < 1.29 is 36.0 Å². The number of carbonyl (C=O) groups is 1. The fraction of sp³-hybridized carbons (Fsp3) is 0.758. The van der Waals surface area contributed by atoms with Gasteiger partial charge in [0.05, 0.1) is 23.0 Å². The fourth-order valence-electron chi connectivity index (χ4n) is 5.94. The number of amides is 1. The van der Waals surface area contributed by atoms with E-state index in [1.54, 1.807) is 0 Å². The van der Waals surface area contributed by atoms with Gasteiger partial charge < -0.3 is 19.2 Å². The van der Waals surface area contributed by atoms with E-state index in [1.165, 1.54) is 0 Å². The summed E-state index contributed by atoms with van der Waals surface area (Å²) in [6.45, 7) is 13.8. The molecule has 1 aromatic heterocycles. The normalized spacial score (nSPS) is 21.8. The van der Waals surface area contributed by atoms with Crippen LogP contribution in [0.2, 0.25) is 25.7 Å². The molecule has 2 N–H and O–H groups in total. The van der Waals surface area contributed by atoms with Crippen LogP contribution in [-0.2, 0) is 27.6 Å². The average molecular weight is 707 g/mol. The minimum Gasteiger partial charge on any atom is -0.598 e. The molecular formula is C33H51F5N4O3SSi. The smallest absolute Gasteiger partial charge is 0.392 e. The monoisotopic (exact) mass is 706 g/mol. The van der Waals surface area contributed by atoms with Crippen LogP contribution in [0.3, 0.4) is 0 Å². The van der Waals surface area contributed by atoms with Crippen LogP contribution in [0.25, 0.3) is 11.0 Å². The summed E-state index contributed by atoms with van der Waals surface area (Å²) in [5, 5.41) is 2.84. The van der Waals surface area contributed by atoms with Gasteiger partial charge in [-0.15, -0.1) is 4.72 Å². The number of benzene rings is 1. The van der Waals surface area contributed by atoms with Crippen molar-refractivity contribution in [2.75, 3.05) is 6.61 Å². The van der Waals surface area contributed by atoms with Crippen LogP contribution < -0.4 is 10.0 Å². The van der Waals surface area contributed by atoms with Gasteiger partial charge in [0.25, 0.3) is 0 Å². The van der Waals surface area contributed by atoms with Crippen LogP contribution in [0.15, 0.2) is 18.2 Å². The summed E-state index contributed by atoms with van der Waals surface area (Å²) >= 11 is -1.58. The first kappa shape index (κ1) is 38.1. The lowest BCUT2D eigenvalue weighted by Crippen LogP contribution is -2.45. The molecule has 0 radical (unpaired) electrons. The van der Waals surface area contributed by atoms with Crippen molar-refractivity contribution >= 4 is 36.4 Å². The highest BCUT2D eigenvalue weighted by Gasteiger charge is 2.44. The molecule has 47 heavy (non-hydrogen) atoms. The molecule has 14 heteroatoms. The Morgan fingerprint density at radius 1 is 1.15 bits per heavy atom. The summed E-state index contributed by atoms with van der Waals surface area (Å²) in [4.78, 5) is 17.7. The van der Waals surface area contributed by atoms with Gasteiger partial charge in [-0.25, -0.2) is 13.8 Å². The molecule has 2 fully saturated rings. The van der Waals surface area contributed by atoms with Crippen molar-refractivity contribution in [1.29, 1.82) is 0 Å². The third-order valence-corrected chi connectivity index (χ3v) is 12.3. The zero-order valence-electron chi connectivity index (χ0n) is 28.6. The number of alkyl halides is 5. The number of halogens is 5. The molecule has 2 aliphatic rings. The molecule has 0 aliphatic heterocycles. The van der Waals surface area contributed by atoms with Crippen molar-refractivity contribution in [3.63, 3.8) is 0 Å². The number of hydrogen-bond donors (Lipinski definition) is 2. The predicted octanol–water partition coefficient (Wildman–Crippen LogP) is 8.42. The van der Waals surface area contributed by atoms with E-state index in [0.717, 1.165) is 31.4 Å². The van der Waals surface area contributed by atoms with Gasteiger partial charge in [0.2, 0.25) is 11.8 Å². The molecule has 4 rings (SSSR count). The van der Waals surface area contributed by atoms with E-state index in [1.807, 2.05) is 43.5 Å². The summed E-state index contributed by atoms with van der Waals surface area (Å²) in [5.41, 5.74) is 1.96. The lowest BCUT2D eigenvalue weighted by molar-refractivity contribution is -0.174. The lowest BCUT2D eigenvalue weighted by Gasteiger charge is -2.36. The number of imidazole rings is 1. The number of nitrogens with one attached hydrogen (secondary N) is 2. The Balaban J connectivity index is 1.73.